The molecule has 8 nitrogen and oxygen atoms in total. The molecule has 1 saturated carbocycles. The number of fused-ring (bicyclic) bond motifs is 3. The van der Waals surface area contributed by atoms with E-state index >= 15 is 4.39 Å². The zero-order chi connectivity index (χ0) is 21.8. The van der Waals surface area contributed by atoms with Crippen molar-refractivity contribution < 1.29 is 14.2 Å². The van der Waals surface area contributed by atoms with Gasteiger partial charge in [-0.05, 0) is 45.0 Å². The quantitative estimate of drug-likeness (QED) is 0.689. The van der Waals surface area contributed by atoms with Gasteiger partial charge in [0.25, 0.3) is 0 Å². The average molecular weight is 424 g/mol. The summed E-state index contributed by atoms with van der Waals surface area (Å²) in [6.45, 7) is 4.83. The summed E-state index contributed by atoms with van der Waals surface area (Å²) in [5.41, 5.74) is 0.911. The third-order valence-corrected chi connectivity index (χ3v) is 7.05. The number of piperidine rings is 2. The maximum absolute atomic E-state index is 15.4. The molecule has 3 aliphatic rings. The van der Waals surface area contributed by atoms with Crippen molar-refractivity contribution in [1.82, 2.24) is 30.1 Å². The van der Waals surface area contributed by atoms with Crippen LogP contribution >= 0.6 is 0 Å². The van der Waals surface area contributed by atoms with Gasteiger partial charge in [-0.25, -0.2) is 9.07 Å². The van der Waals surface area contributed by atoms with Crippen molar-refractivity contribution in [3.63, 3.8) is 0 Å². The number of ether oxygens (including phenoxy) is 1. The van der Waals surface area contributed by atoms with Crippen molar-refractivity contribution in [2.45, 2.75) is 44.5 Å². The van der Waals surface area contributed by atoms with E-state index in [9.17, 15) is 5.11 Å². The fourth-order valence-corrected chi connectivity index (χ4v) is 4.87. The highest BCUT2D eigenvalue weighted by atomic mass is 19.1. The van der Waals surface area contributed by atoms with Gasteiger partial charge >= 0.3 is 0 Å². The molecule has 3 aromatic rings. The Morgan fingerprint density at radius 2 is 2.00 bits per heavy atom. The molecule has 2 saturated heterocycles. The number of aromatic nitrogens is 5. The lowest BCUT2D eigenvalue weighted by Gasteiger charge is -2.61. The van der Waals surface area contributed by atoms with Gasteiger partial charge in [0.1, 0.15) is 11.9 Å². The Hall–Kier alpha value is -3.07. The number of alkyl halides is 1. The minimum atomic E-state index is -1.11. The highest BCUT2D eigenvalue weighted by molar-refractivity contribution is 5.68. The van der Waals surface area contributed by atoms with E-state index in [1.807, 2.05) is 14.0 Å². The second-order valence-corrected chi connectivity index (χ2v) is 9.11. The fourth-order valence-electron chi connectivity index (χ4n) is 4.87. The molecule has 6 rings (SSSR count). The monoisotopic (exact) mass is 424 g/mol. The molecule has 0 amide bonds. The van der Waals surface area contributed by atoms with Crippen molar-refractivity contribution in [3.8, 4) is 28.6 Å². The van der Waals surface area contributed by atoms with E-state index in [2.05, 4.69) is 32.3 Å². The number of rotatable bonds is 4. The minimum absolute atomic E-state index is 0.0489. The third kappa shape index (κ3) is 3.15. The fraction of sp³-hybridized carbons (Fsp3) is 0.455. The van der Waals surface area contributed by atoms with E-state index in [-0.39, 0.29) is 17.0 Å². The first-order valence-electron chi connectivity index (χ1n) is 10.4. The van der Waals surface area contributed by atoms with Crippen LogP contribution in [0.15, 0.2) is 42.7 Å². The summed E-state index contributed by atoms with van der Waals surface area (Å²) >= 11 is 0. The van der Waals surface area contributed by atoms with Gasteiger partial charge in [-0.15, -0.1) is 15.3 Å². The lowest BCUT2D eigenvalue weighted by atomic mass is 9.60. The van der Waals surface area contributed by atoms with Crippen LogP contribution in [0, 0.1) is 5.41 Å². The number of phenols is 1. The van der Waals surface area contributed by atoms with Crippen LogP contribution in [0.5, 0.6) is 11.6 Å². The molecule has 1 N–H and O–H groups in total. The molecule has 9 heteroatoms. The first kappa shape index (κ1) is 19.9. The highest BCUT2D eigenvalue weighted by Crippen LogP contribution is 2.51. The maximum atomic E-state index is 15.4. The Bertz CT molecular complexity index is 1090. The van der Waals surface area contributed by atoms with Gasteiger partial charge in [0.15, 0.2) is 6.17 Å². The summed E-state index contributed by atoms with van der Waals surface area (Å²) in [7, 11) is 1.98. The van der Waals surface area contributed by atoms with Crippen LogP contribution in [-0.2, 0) is 0 Å². The number of nitrogens with zero attached hydrogens (tertiary/aromatic N) is 6. The second kappa shape index (κ2) is 6.98. The predicted molar refractivity (Wildman–Crippen MR) is 112 cm³/mol. The van der Waals surface area contributed by atoms with Crippen molar-refractivity contribution in [2.24, 2.45) is 5.41 Å². The number of hydrogen-bond donors (Lipinski definition) is 1. The third-order valence-electron chi connectivity index (χ3n) is 7.05. The Labute approximate surface area is 179 Å². The van der Waals surface area contributed by atoms with Crippen molar-refractivity contribution in [1.29, 1.82) is 0 Å². The largest absolute Gasteiger partial charge is 0.507 e. The minimum Gasteiger partial charge on any atom is -0.507 e. The van der Waals surface area contributed by atoms with Gasteiger partial charge in [0, 0.05) is 29.7 Å². The molecule has 2 bridgehead atoms. The Morgan fingerprint density at radius 3 is 2.65 bits per heavy atom. The standard InChI is InChI=1S/C22H25FN6O2/c1-21-8-9-22(2,28(3)13-21)19(23)20(21)31-18-7-6-16(25-26-18)15-5-4-14(12-17(15)30)29-11-10-24-27-29/h4-7,10-12,19-20,30H,8-9,13H2,1-3H3/t19-,20+,21+,22+/m0/s1. The van der Waals surface area contributed by atoms with Crippen molar-refractivity contribution in [2.75, 3.05) is 13.6 Å². The number of aromatic hydroxyl groups is 1. The summed E-state index contributed by atoms with van der Waals surface area (Å²) in [4.78, 5) is 2.11. The summed E-state index contributed by atoms with van der Waals surface area (Å²) in [5.74, 6) is 0.336. The normalized spacial score (nSPS) is 30.5. The maximum Gasteiger partial charge on any atom is 0.233 e. The molecule has 162 valence electrons. The number of benzene rings is 1. The van der Waals surface area contributed by atoms with Crippen LogP contribution < -0.4 is 4.74 Å². The molecular weight excluding hydrogens is 399 g/mol. The van der Waals surface area contributed by atoms with Crippen LogP contribution in [0.25, 0.3) is 16.9 Å². The number of hydrogen-bond acceptors (Lipinski definition) is 7. The molecule has 2 aliphatic heterocycles. The van der Waals surface area contributed by atoms with Gasteiger partial charge in [-0.2, -0.15) is 0 Å². The Kier molecular flexibility index (Phi) is 4.47. The lowest BCUT2D eigenvalue weighted by Crippen LogP contribution is -2.72. The van der Waals surface area contributed by atoms with Crippen molar-refractivity contribution >= 4 is 0 Å². The first-order valence-corrected chi connectivity index (χ1v) is 10.4. The van der Waals surface area contributed by atoms with Crippen LogP contribution in [-0.4, -0.2) is 66.6 Å². The van der Waals surface area contributed by atoms with E-state index in [1.165, 1.54) is 0 Å². The molecule has 4 heterocycles. The van der Waals surface area contributed by atoms with Crippen molar-refractivity contribution in [3.05, 3.63) is 42.7 Å². The van der Waals surface area contributed by atoms with E-state index in [1.54, 1.807) is 47.4 Å². The molecule has 0 radical (unpaired) electrons. The van der Waals surface area contributed by atoms with Gasteiger partial charge in [0.05, 0.1) is 29.3 Å². The van der Waals surface area contributed by atoms with Gasteiger partial charge in [-0.1, -0.05) is 12.1 Å². The average Bonchev–Trinajstić information content (AvgIpc) is 3.29. The molecule has 4 atom stereocenters. The van der Waals surface area contributed by atoms with E-state index < -0.39 is 17.8 Å². The highest BCUT2D eigenvalue weighted by Gasteiger charge is 2.61. The molecular formula is C22H25FN6O2. The summed E-state index contributed by atoms with van der Waals surface area (Å²) in [6.07, 6.45) is 3.30. The molecule has 2 aromatic heterocycles. The predicted octanol–water partition coefficient (Wildman–Crippen LogP) is 3.02. The smallest absolute Gasteiger partial charge is 0.233 e. The topological polar surface area (TPSA) is 89.2 Å². The molecule has 1 aromatic carbocycles. The SMILES string of the molecule is CN1C[C@@]2(C)CC[C@]1(C)[C@@H](F)[C@H]2Oc1ccc(-c2ccc(-n3ccnn3)cc2O)nn1. The zero-order valence-corrected chi connectivity index (χ0v) is 17.7. The lowest BCUT2D eigenvalue weighted by molar-refractivity contribution is -0.177. The number of phenolic OH excluding ortho intramolecular Hbond substituents is 1. The Morgan fingerprint density at radius 1 is 1.16 bits per heavy atom. The van der Waals surface area contributed by atoms with E-state index in [0.717, 1.165) is 19.4 Å². The summed E-state index contributed by atoms with van der Waals surface area (Å²) in [6, 6.07) is 8.53. The van der Waals surface area contributed by atoms with E-state index in [0.29, 0.717) is 16.9 Å². The van der Waals surface area contributed by atoms with Crippen LogP contribution in [0.2, 0.25) is 0 Å². The molecule has 1 aliphatic carbocycles. The Balaban J connectivity index is 1.36. The molecule has 31 heavy (non-hydrogen) atoms. The molecule has 0 unspecified atom stereocenters. The zero-order valence-electron chi connectivity index (χ0n) is 17.7. The summed E-state index contributed by atoms with van der Waals surface area (Å²) in [5, 5.41) is 26.5. The van der Waals surface area contributed by atoms with Gasteiger partial charge < -0.3 is 9.84 Å². The van der Waals surface area contributed by atoms with Crippen LogP contribution in [0.4, 0.5) is 4.39 Å². The first-order chi connectivity index (χ1) is 14.8. The number of halogens is 1. The van der Waals surface area contributed by atoms with Crippen LogP contribution in [0.3, 0.4) is 0 Å². The molecule has 3 fully saturated rings. The van der Waals surface area contributed by atoms with Crippen LogP contribution in [0.1, 0.15) is 26.7 Å². The van der Waals surface area contributed by atoms with Gasteiger partial charge in [-0.3, -0.25) is 4.90 Å². The van der Waals surface area contributed by atoms with E-state index in [4.69, 9.17) is 4.74 Å². The second-order valence-electron chi connectivity index (χ2n) is 9.11. The molecule has 0 spiro atoms. The van der Waals surface area contributed by atoms with Gasteiger partial charge in [0.2, 0.25) is 5.88 Å². The summed E-state index contributed by atoms with van der Waals surface area (Å²) < 4.78 is 23.0.